The highest BCUT2D eigenvalue weighted by atomic mass is 79.9. The lowest BCUT2D eigenvalue weighted by molar-refractivity contribution is 0.0846. The van der Waals surface area contributed by atoms with Crippen molar-refractivity contribution in [3.05, 3.63) is 28.2 Å². The Morgan fingerprint density at radius 1 is 1.33 bits per heavy atom. The third kappa shape index (κ3) is 4.59. The molecule has 0 amide bonds. The zero-order valence-electron chi connectivity index (χ0n) is 11.6. The number of hydrogen-bond donors (Lipinski definition) is 1. The van der Waals surface area contributed by atoms with Gasteiger partial charge in [0.1, 0.15) is 0 Å². The van der Waals surface area contributed by atoms with E-state index >= 15 is 0 Å². The molecule has 2 N–H and O–H groups in total. The zero-order chi connectivity index (χ0) is 13.7. The van der Waals surface area contributed by atoms with Crippen LogP contribution in [0.2, 0.25) is 0 Å². The molecule has 1 aromatic carbocycles. The van der Waals surface area contributed by atoms with Crippen LogP contribution in [0.15, 0.2) is 22.7 Å². The fraction of sp³-hybridized carbons (Fsp3) is 0.571. The van der Waals surface area contributed by atoms with E-state index in [1.165, 1.54) is 5.69 Å². The molecular formula is C14H23BrN2O. The summed E-state index contributed by atoms with van der Waals surface area (Å²) in [6, 6.07) is 6.32. The van der Waals surface area contributed by atoms with Crippen molar-refractivity contribution < 1.29 is 4.74 Å². The van der Waals surface area contributed by atoms with Crippen molar-refractivity contribution in [2.75, 3.05) is 25.1 Å². The van der Waals surface area contributed by atoms with Crippen molar-refractivity contribution in [2.24, 2.45) is 5.73 Å². The minimum Gasteiger partial charge on any atom is -0.377 e. The Labute approximate surface area is 118 Å². The van der Waals surface area contributed by atoms with Crippen molar-refractivity contribution in [1.29, 1.82) is 0 Å². The summed E-state index contributed by atoms with van der Waals surface area (Å²) >= 11 is 3.57. The molecule has 0 spiro atoms. The van der Waals surface area contributed by atoms with Crippen LogP contribution in [-0.4, -0.2) is 26.3 Å². The van der Waals surface area contributed by atoms with Gasteiger partial charge in [-0.1, -0.05) is 22.0 Å². The molecule has 18 heavy (non-hydrogen) atoms. The average Bonchev–Trinajstić information content (AvgIpc) is 2.27. The van der Waals surface area contributed by atoms with Crippen molar-refractivity contribution in [1.82, 2.24) is 0 Å². The molecule has 0 radical (unpaired) electrons. The summed E-state index contributed by atoms with van der Waals surface area (Å²) in [4.78, 5) is 2.18. The molecule has 0 saturated heterocycles. The predicted molar refractivity (Wildman–Crippen MR) is 81.1 cm³/mol. The summed E-state index contributed by atoms with van der Waals surface area (Å²) in [5.41, 5.74) is 8.19. The van der Waals surface area contributed by atoms with E-state index in [1.807, 2.05) is 20.8 Å². The van der Waals surface area contributed by atoms with Gasteiger partial charge in [0.2, 0.25) is 0 Å². The van der Waals surface area contributed by atoms with Gasteiger partial charge in [0.05, 0.1) is 12.7 Å². The molecule has 0 fully saturated rings. The lowest BCUT2D eigenvalue weighted by atomic mass is 10.1. The van der Waals surface area contributed by atoms with Crippen molar-refractivity contribution in [3.8, 4) is 0 Å². The molecule has 0 heterocycles. The third-order valence-electron chi connectivity index (χ3n) is 2.79. The molecule has 0 bridgehead atoms. The lowest BCUT2D eigenvalue weighted by Gasteiger charge is -2.21. The van der Waals surface area contributed by atoms with Crippen molar-refractivity contribution in [3.63, 3.8) is 0 Å². The van der Waals surface area contributed by atoms with Crippen LogP contribution in [-0.2, 0) is 4.74 Å². The van der Waals surface area contributed by atoms with Crippen LogP contribution in [0.25, 0.3) is 0 Å². The molecule has 0 aliphatic carbocycles. The molecule has 0 aliphatic heterocycles. The Morgan fingerprint density at radius 3 is 2.50 bits per heavy atom. The Hall–Kier alpha value is -0.580. The van der Waals surface area contributed by atoms with Crippen LogP contribution in [0, 0.1) is 0 Å². The minimum atomic E-state index is 0.0444. The van der Waals surface area contributed by atoms with Gasteiger partial charge in [0.15, 0.2) is 0 Å². The summed E-state index contributed by atoms with van der Waals surface area (Å²) < 4.78 is 6.61. The first kappa shape index (κ1) is 15.5. The van der Waals surface area contributed by atoms with Crippen molar-refractivity contribution in [2.45, 2.75) is 32.9 Å². The molecule has 4 heteroatoms. The quantitative estimate of drug-likeness (QED) is 0.875. The fourth-order valence-corrected chi connectivity index (χ4v) is 2.40. The number of likely N-dealkylation sites (N-methyl/N-ethyl adjacent to an activating group) is 1. The average molecular weight is 315 g/mol. The van der Waals surface area contributed by atoms with Gasteiger partial charge in [-0.15, -0.1) is 0 Å². The summed E-state index contributed by atoms with van der Waals surface area (Å²) in [5.74, 6) is 0. The first-order valence-corrected chi connectivity index (χ1v) is 7.09. The zero-order valence-corrected chi connectivity index (χ0v) is 13.2. The molecule has 1 aromatic rings. The highest BCUT2D eigenvalue weighted by molar-refractivity contribution is 9.10. The summed E-state index contributed by atoms with van der Waals surface area (Å²) in [5, 5.41) is 0. The molecule has 0 saturated carbocycles. The van der Waals surface area contributed by atoms with E-state index in [-0.39, 0.29) is 12.1 Å². The topological polar surface area (TPSA) is 38.5 Å². The van der Waals surface area contributed by atoms with Crippen LogP contribution in [0.4, 0.5) is 5.69 Å². The van der Waals surface area contributed by atoms with Gasteiger partial charge < -0.3 is 15.4 Å². The van der Waals surface area contributed by atoms with Crippen LogP contribution >= 0.6 is 15.9 Å². The smallest absolute Gasteiger partial charge is 0.0644 e. The normalized spacial score (nSPS) is 12.8. The molecule has 102 valence electrons. The minimum absolute atomic E-state index is 0.0444. The largest absolute Gasteiger partial charge is 0.377 e. The van der Waals surface area contributed by atoms with E-state index in [2.05, 4.69) is 46.1 Å². The standard InChI is InChI=1S/C14H23BrN2O/c1-10(2)18-8-7-17(4)12-5-6-13(11(3)16)14(15)9-12/h5-6,9-11H,7-8,16H2,1-4H3/t11-/m1/s1. The van der Waals surface area contributed by atoms with Gasteiger partial charge in [-0.05, 0) is 38.5 Å². The summed E-state index contributed by atoms with van der Waals surface area (Å²) in [7, 11) is 2.07. The number of nitrogens with two attached hydrogens (primary N) is 1. The number of benzene rings is 1. The summed E-state index contributed by atoms with van der Waals surface area (Å²) in [6.45, 7) is 7.70. The van der Waals surface area contributed by atoms with Crippen LogP contribution in [0.5, 0.6) is 0 Å². The predicted octanol–water partition coefficient (Wildman–Crippen LogP) is 3.33. The molecule has 0 unspecified atom stereocenters. The molecular weight excluding hydrogens is 292 g/mol. The first-order chi connectivity index (χ1) is 8.41. The van der Waals surface area contributed by atoms with E-state index in [9.17, 15) is 0 Å². The maximum atomic E-state index is 5.89. The fourth-order valence-electron chi connectivity index (χ4n) is 1.68. The van der Waals surface area contributed by atoms with Gasteiger partial charge in [-0.3, -0.25) is 0 Å². The summed E-state index contributed by atoms with van der Waals surface area (Å²) in [6.07, 6.45) is 0.283. The molecule has 3 nitrogen and oxygen atoms in total. The van der Waals surface area contributed by atoms with E-state index in [0.29, 0.717) is 0 Å². The highest BCUT2D eigenvalue weighted by Gasteiger charge is 2.08. The van der Waals surface area contributed by atoms with E-state index < -0.39 is 0 Å². The van der Waals surface area contributed by atoms with Gasteiger partial charge in [0, 0.05) is 29.8 Å². The molecule has 0 aliphatic rings. The number of nitrogens with zero attached hydrogens (tertiary/aromatic N) is 1. The first-order valence-electron chi connectivity index (χ1n) is 6.29. The van der Waals surface area contributed by atoms with Gasteiger partial charge >= 0.3 is 0 Å². The number of anilines is 1. The second-order valence-corrected chi connectivity index (χ2v) is 5.69. The van der Waals surface area contributed by atoms with E-state index in [4.69, 9.17) is 10.5 Å². The molecule has 1 atom stereocenters. The number of ether oxygens (including phenoxy) is 1. The van der Waals surface area contributed by atoms with Gasteiger partial charge in [-0.25, -0.2) is 0 Å². The Morgan fingerprint density at radius 2 is 2.00 bits per heavy atom. The van der Waals surface area contributed by atoms with Gasteiger partial charge in [0.25, 0.3) is 0 Å². The van der Waals surface area contributed by atoms with Crippen LogP contribution in [0.3, 0.4) is 0 Å². The third-order valence-corrected chi connectivity index (χ3v) is 3.48. The Kier molecular flexibility index (Phi) is 6.12. The van der Waals surface area contributed by atoms with Crippen molar-refractivity contribution >= 4 is 21.6 Å². The Balaban J connectivity index is 2.63. The van der Waals surface area contributed by atoms with E-state index in [0.717, 1.165) is 23.2 Å². The Bertz CT molecular complexity index is 380. The van der Waals surface area contributed by atoms with Gasteiger partial charge in [-0.2, -0.15) is 0 Å². The molecule has 1 rings (SSSR count). The maximum absolute atomic E-state index is 5.89. The number of hydrogen-bond acceptors (Lipinski definition) is 3. The lowest BCUT2D eigenvalue weighted by Crippen LogP contribution is -2.24. The highest BCUT2D eigenvalue weighted by Crippen LogP contribution is 2.26. The monoisotopic (exact) mass is 314 g/mol. The number of halogens is 1. The second-order valence-electron chi connectivity index (χ2n) is 4.84. The SMILES string of the molecule is CC(C)OCCN(C)c1ccc([C@@H](C)N)c(Br)c1. The second kappa shape index (κ2) is 7.12. The van der Waals surface area contributed by atoms with E-state index in [1.54, 1.807) is 0 Å². The molecule has 0 aromatic heterocycles. The van der Waals surface area contributed by atoms with Crippen LogP contribution < -0.4 is 10.6 Å². The number of rotatable bonds is 6. The van der Waals surface area contributed by atoms with Crippen LogP contribution in [0.1, 0.15) is 32.4 Å². The maximum Gasteiger partial charge on any atom is 0.0644 e.